The van der Waals surface area contributed by atoms with Crippen molar-refractivity contribution >= 4 is 5.97 Å². The third kappa shape index (κ3) is 3.17. The number of rotatable bonds is 5. The highest BCUT2D eigenvalue weighted by Gasteiger charge is 2.19. The summed E-state index contributed by atoms with van der Waals surface area (Å²) >= 11 is 0. The van der Waals surface area contributed by atoms with Crippen LogP contribution in [0.1, 0.15) is 10.6 Å². The van der Waals surface area contributed by atoms with E-state index < -0.39 is 30.9 Å². The minimum Gasteiger partial charge on any atom is -0.475 e. The lowest BCUT2D eigenvalue weighted by atomic mass is 10.4. The Morgan fingerprint density at radius 1 is 1.67 bits per heavy atom. The summed E-state index contributed by atoms with van der Waals surface area (Å²) in [4.78, 5) is 10.3. The average Bonchev–Trinajstić information content (AvgIpc) is 2.62. The highest BCUT2D eigenvalue weighted by molar-refractivity contribution is 5.84. The fourth-order valence-corrected chi connectivity index (χ4v) is 0.671. The molecule has 1 atom stereocenters. The molecule has 0 aliphatic carbocycles. The lowest BCUT2D eigenvalue weighted by Gasteiger charge is -2.08. The highest BCUT2D eigenvalue weighted by Crippen LogP contribution is 2.12. The van der Waals surface area contributed by atoms with Crippen LogP contribution in [-0.4, -0.2) is 40.5 Å². The predicted octanol–water partition coefficient (Wildman–Crippen LogP) is 0.378. The first-order valence-electron chi connectivity index (χ1n) is 3.79. The van der Waals surface area contributed by atoms with Crippen LogP contribution in [0.4, 0.5) is 8.78 Å². The maximum Gasteiger partial charge on any atom is 0.374 e. The second-order valence-electron chi connectivity index (χ2n) is 2.55. The Morgan fingerprint density at radius 3 is 2.80 bits per heavy atom. The van der Waals surface area contributed by atoms with Gasteiger partial charge in [0.2, 0.25) is 5.76 Å². The van der Waals surface area contributed by atoms with Crippen LogP contribution in [-0.2, 0) is 0 Å². The minimum atomic E-state index is -2.93. The number of carboxylic acids is 1. The molecule has 84 valence electrons. The summed E-state index contributed by atoms with van der Waals surface area (Å²) in [5.74, 6) is -2.10. The number of hydrogen-bond donors (Lipinski definition) is 2. The molecular formula is C7H7F2NO5. The van der Waals surface area contributed by atoms with Gasteiger partial charge >= 0.3 is 5.97 Å². The number of ether oxygens (including phenoxy) is 1. The molecule has 0 saturated carbocycles. The van der Waals surface area contributed by atoms with Gasteiger partial charge in [-0.05, 0) is 5.16 Å². The van der Waals surface area contributed by atoms with Crippen LogP contribution in [0.2, 0.25) is 0 Å². The maximum absolute atomic E-state index is 11.8. The van der Waals surface area contributed by atoms with Crippen molar-refractivity contribution in [3.8, 4) is 5.88 Å². The van der Waals surface area contributed by atoms with Gasteiger partial charge in [0, 0.05) is 0 Å². The van der Waals surface area contributed by atoms with Crippen LogP contribution in [0.25, 0.3) is 0 Å². The molecule has 1 unspecified atom stereocenters. The number of aromatic carboxylic acids is 1. The van der Waals surface area contributed by atoms with Gasteiger partial charge in [-0.3, -0.25) is 0 Å². The van der Waals surface area contributed by atoms with E-state index in [1.54, 1.807) is 0 Å². The number of aliphatic hydroxyl groups excluding tert-OH is 1. The Labute approximate surface area is 82.1 Å². The Bertz CT molecular complexity index is 340. The molecule has 1 aromatic heterocycles. The van der Waals surface area contributed by atoms with Crippen LogP contribution in [0.3, 0.4) is 0 Å². The Balaban J connectivity index is 2.48. The van der Waals surface area contributed by atoms with Crippen LogP contribution >= 0.6 is 0 Å². The maximum atomic E-state index is 11.8. The van der Waals surface area contributed by atoms with E-state index in [0.717, 1.165) is 6.07 Å². The number of halogens is 2. The van der Waals surface area contributed by atoms with E-state index in [2.05, 4.69) is 14.4 Å². The summed E-state index contributed by atoms with van der Waals surface area (Å²) in [6.07, 6.45) is -4.88. The molecule has 0 radical (unpaired) electrons. The predicted molar refractivity (Wildman–Crippen MR) is 41.0 cm³/mol. The van der Waals surface area contributed by atoms with E-state index in [4.69, 9.17) is 10.2 Å². The molecule has 0 bridgehead atoms. The molecule has 15 heavy (non-hydrogen) atoms. The van der Waals surface area contributed by atoms with Gasteiger partial charge in [0.05, 0.1) is 6.07 Å². The van der Waals surface area contributed by atoms with E-state index in [1.807, 2.05) is 0 Å². The van der Waals surface area contributed by atoms with Crippen molar-refractivity contribution in [2.24, 2.45) is 0 Å². The lowest BCUT2D eigenvalue weighted by Crippen LogP contribution is -2.25. The van der Waals surface area contributed by atoms with Crippen LogP contribution in [0.15, 0.2) is 10.6 Å². The molecule has 6 nitrogen and oxygen atoms in total. The first-order valence-corrected chi connectivity index (χ1v) is 3.79. The molecule has 0 amide bonds. The van der Waals surface area contributed by atoms with Gasteiger partial charge in [0.15, 0.2) is 0 Å². The molecule has 2 N–H and O–H groups in total. The van der Waals surface area contributed by atoms with Gasteiger partial charge in [-0.2, -0.15) is 0 Å². The lowest BCUT2D eigenvalue weighted by molar-refractivity contribution is -0.0295. The van der Waals surface area contributed by atoms with E-state index in [1.165, 1.54) is 0 Å². The number of aromatic nitrogens is 1. The van der Waals surface area contributed by atoms with Crippen LogP contribution in [0, 0.1) is 0 Å². The summed E-state index contributed by atoms with van der Waals surface area (Å²) in [5, 5.41) is 20.2. The number of carboxylic acid groups (broad SMARTS) is 1. The van der Waals surface area contributed by atoms with Gasteiger partial charge in [-0.15, -0.1) is 0 Å². The van der Waals surface area contributed by atoms with Crippen molar-refractivity contribution in [1.29, 1.82) is 0 Å². The van der Waals surface area contributed by atoms with E-state index in [9.17, 15) is 13.6 Å². The average molecular weight is 223 g/mol. The number of hydrogen-bond acceptors (Lipinski definition) is 5. The van der Waals surface area contributed by atoms with E-state index in [-0.39, 0.29) is 5.88 Å². The molecule has 0 aliphatic heterocycles. The normalized spacial score (nSPS) is 12.8. The Kier molecular flexibility index (Phi) is 3.56. The van der Waals surface area contributed by atoms with Crippen molar-refractivity contribution in [3.05, 3.63) is 11.8 Å². The summed E-state index contributed by atoms with van der Waals surface area (Å²) in [7, 11) is 0. The zero-order valence-electron chi connectivity index (χ0n) is 7.26. The molecule has 1 rings (SSSR count). The van der Waals surface area contributed by atoms with Gasteiger partial charge in [-0.1, -0.05) is 0 Å². The fourth-order valence-electron chi connectivity index (χ4n) is 0.671. The number of alkyl halides is 2. The smallest absolute Gasteiger partial charge is 0.374 e. The van der Waals surface area contributed by atoms with Crippen molar-refractivity contribution in [2.75, 3.05) is 6.61 Å². The molecule has 1 heterocycles. The molecule has 0 aliphatic rings. The first-order chi connectivity index (χ1) is 7.00. The Morgan fingerprint density at radius 2 is 2.33 bits per heavy atom. The highest BCUT2D eigenvalue weighted by atomic mass is 19.3. The SMILES string of the molecule is O=C(O)c1cc(OCC(O)C(F)F)no1. The molecule has 0 saturated heterocycles. The van der Waals surface area contributed by atoms with Gasteiger partial charge in [0.1, 0.15) is 12.7 Å². The Hall–Kier alpha value is -1.70. The van der Waals surface area contributed by atoms with Crippen molar-refractivity contribution in [1.82, 2.24) is 5.16 Å². The summed E-state index contributed by atoms with van der Waals surface area (Å²) in [6.45, 7) is -0.691. The van der Waals surface area contributed by atoms with Crippen molar-refractivity contribution in [2.45, 2.75) is 12.5 Å². The zero-order valence-corrected chi connectivity index (χ0v) is 7.26. The third-order valence-electron chi connectivity index (χ3n) is 1.39. The number of aliphatic hydroxyl groups is 1. The monoisotopic (exact) mass is 223 g/mol. The van der Waals surface area contributed by atoms with Gasteiger partial charge < -0.3 is 19.5 Å². The van der Waals surface area contributed by atoms with Crippen molar-refractivity contribution < 1.29 is 33.0 Å². The largest absolute Gasteiger partial charge is 0.475 e. The van der Waals surface area contributed by atoms with Crippen LogP contribution < -0.4 is 4.74 Å². The molecule has 0 fully saturated rings. The summed E-state index contributed by atoms with van der Waals surface area (Å²) in [5.41, 5.74) is 0. The second-order valence-corrected chi connectivity index (χ2v) is 2.55. The van der Waals surface area contributed by atoms with Gasteiger partial charge in [0.25, 0.3) is 12.3 Å². The van der Waals surface area contributed by atoms with Gasteiger partial charge in [-0.25, -0.2) is 13.6 Å². The second kappa shape index (κ2) is 4.69. The standard InChI is InChI=1S/C7H7F2NO5/c8-6(9)3(11)2-14-5-1-4(7(12)13)15-10-5/h1,3,6,11H,2H2,(H,12,13). The molecule has 0 spiro atoms. The number of carbonyl (C=O) groups is 1. The van der Waals surface area contributed by atoms with E-state index >= 15 is 0 Å². The third-order valence-corrected chi connectivity index (χ3v) is 1.39. The topological polar surface area (TPSA) is 92.8 Å². The molecule has 8 heteroatoms. The minimum absolute atomic E-state index is 0.271. The zero-order chi connectivity index (χ0) is 11.4. The molecule has 0 aromatic carbocycles. The number of nitrogens with zero attached hydrogens (tertiary/aromatic N) is 1. The molecular weight excluding hydrogens is 216 g/mol. The van der Waals surface area contributed by atoms with E-state index in [0.29, 0.717) is 0 Å². The summed E-state index contributed by atoms with van der Waals surface area (Å²) in [6, 6.07) is 0.917. The quantitative estimate of drug-likeness (QED) is 0.749. The summed E-state index contributed by atoms with van der Waals surface area (Å²) < 4.78 is 32.4. The van der Waals surface area contributed by atoms with Crippen molar-refractivity contribution in [3.63, 3.8) is 0 Å². The van der Waals surface area contributed by atoms with Crippen LogP contribution in [0.5, 0.6) is 5.88 Å². The molecule has 1 aromatic rings. The fraction of sp³-hybridized carbons (Fsp3) is 0.429. The first kappa shape index (κ1) is 11.4.